The molecule has 0 spiro atoms. The highest BCUT2D eigenvalue weighted by Crippen LogP contribution is 2.28. The van der Waals surface area contributed by atoms with Crippen molar-refractivity contribution in [3.05, 3.63) is 59.5 Å². The standard InChI is InChI=1S/C17H16N2O2S/c1-21-16-9-12(7-8-15(16)20)10-18-17-19-14(11-22-17)13-5-3-2-4-6-13/h2-9,11,20H,10H2,1H3,(H,18,19). The van der Waals surface area contributed by atoms with Gasteiger partial charge in [0, 0.05) is 17.5 Å². The van der Waals surface area contributed by atoms with E-state index < -0.39 is 0 Å². The molecule has 0 radical (unpaired) electrons. The molecule has 0 aliphatic rings. The van der Waals surface area contributed by atoms with Crippen molar-refractivity contribution >= 4 is 16.5 Å². The van der Waals surface area contributed by atoms with Crippen LogP contribution in [0, 0.1) is 0 Å². The SMILES string of the molecule is COc1cc(CNc2nc(-c3ccccc3)cs2)ccc1O. The highest BCUT2D eigenvalue weighted by Gasteiger charge is 2.06. The van der Waals surface area contributed by atoms with Crippen LogP contribution in [0.5, 0.6) is 11.5 Å². The minimum atomic E-state index is 0.145. The summed E-state index contributed by atoms with van der Waals surface area (Å²) < 4.78 is 5.11. The van der Waals surface area contributed by atoms with Gasteiger partial charge in [0.25, 0.3) is 0 Å². The Labute approximate surface area is 133 Å². The van der Waals surface area contributed by atoms with E-state index in [9.17, 15) is 5.11 Å². The number of phenolic OH excluding ortho intramolecular Hbond substituents is 1. The minimum absolute atomic E-state index is 0.145. The van der Waals surface area contributed by atoms with E-state index in [-0.39, 0.29) is 5.75 Å². The Morgan fingerprint density at radius 2 is 2.00 bits per heavy atom. The van der Waals surface area contributed by atoms with Crippen molar-refractivity contribution in [1.29, 1.82) is 0 Å². The zero-order valence-corrected chi connectivity index (χ0v) is 12.9. The lowest BCUT2D eigenvalue weighted by atomic mass is 10.2. The maximum Gasteiger partial charge on any atom is 0.183 e. The summed E-state index contributed by atoms with van der Waals surface area (Å²) in [6.45, 7) is 0.623. The number of aromatic nitrogens is 1. The molecule has 2 N–H and O–H groups in total. The average Bonchev–Trinajstić information content (AvgIpc) is 3.04. The van der Waals surface area contributed by atoms with E-state index in [1.54, 1.807) is 24.5 Å². The van der Waals surface area contributed by atoms with Crippen LogP contribution in [-0.4, -0.2) is 17.2 Å². The highest BCUT2D eigenvalue weighted by atomic mass is 32.1. The van der Waals surface area contributed by atoms with Gasteiger partial charge in [-0.3, -0.25) is 0 Å². The lowest BCUT2D eigenvalue weighted by Gasteiger charge is -2.07. The maximum absolute atomic E-state index is 9.59. The molecule has 3 aromatic rings. The van der Waals surface area contributed by atoms with Crippen LogP contribution < -0.4 is 10.1 Å². The van der Waals surface area contributed by atoms with Crippen LogP contribution in [-0.2, 0) is 6.54 Å². The third kappa shape index (κ3) is 3.20. The fraction of sp³-hybridized carbons (Fsp3) is 0.118. The molecule has 1 heterocycles. The van der Waals surface area contributed by atoms with Crippen LogP contribution in [0.4, 0.5) is 5.13 Å². The Bertz CT molecular complexity index is 756. The largest absolute Gasteiger partial charge is 0.504 e. The van der Waals surface area contributed by atoms with E-state index in [1.165, 1.54) is 0 Å². The lowest BCUT2D eigenvalue weighted by molar-refractivity contribution is 0.373. The first-order valence-corrected chi connectivity index (χ1v) is 7.75. The minimum Gasteiger partial charge on any atom is -0.504 e. The molecule has 0 fully saturated rings. The second-order valence-electron chi connectivity index (χ2n) is 4.76. The molecule has 22 heavy (non-hydrogen) atoms. The van der Waals surface area contributed by atoms with Gasteiger partial charge >= 0.3 is 0 Å². The van der Waals surface area contributed by atoms with Gasteiger partial charge < -0.3 is 15.2 Å². The molecule has 0 bridgehead atoms. The second kappa shape index (κ2) is 6.49. The van der Waals surface area contributed by atoms with Crippen LogP contribution in [0.3, 0.4) is 0 Å². The molecule has 5 heteroatoms. The van der Waals surface area contributed by atoms with Crippen LogP contribution in [0.25, 0.3) is 11.3 Å². The Balaban J connectivity index is 1.69. The molecule has 0 unspecified atom stereocenters. The van der Waals surface area contributed by atoms with E-state index in [0.717, 1.165) is 22.0 Å². The Morgan fingerprint density at radius 3 is 2.77 bits per heavy atom. The van der Waals surface area contributed by atoms with Crippen LogP contribution in [0.2, 0.25) is 0 Å². The molecule has 0 saturated heterocycles. The smallest absolute Gasteiger partial charge is 0.183 e. The molecular weight excluding hydrogens is 296 g/mol. The number of methoxy groups -OCH3 is 1. The number of ether oxygens (including phenoxy) is 1. The van der Waals surface area contributed by atoms with Gasteiger partial charge in [-0.15, -0.1) is 11.3 Å². The first kappa shape index (κ1) is 14.4. The number of hydrogen-bond acceptors (Lipinski definition) is 5. The molecule has 0 aliphatic carbocycles. The van der Waals surface area contributed by atoms with Crippen molar-refractivity contribution in [3.63, 3.8) is 0 Å². The summed E-state index contributed by atoms with van der Waals surface area (Å²) in [5.74, 6) is 0.621. The van der Waals surface area contributed by atoms with E-state index in [2.05, 4.69) is 10.3 Å². The molecule has 1 aromatic heterocycles. The third-order valence-electron chi connectivity index (χ3n) is 3.26. The van der Waals surface area contributed by atoms with Gasteiger partial charge in [-0.25, -0.2) is 4.98 Å². The van der Waals surface area contributed by atoms with Crippen molar-refractivity contribution < 1.29 is 9.84 Å². The summed E-state index contributed by atoms with van der Waals surface area (Å²) in [5, 5.41) is 15.8. The van der Waals surface area contributed by atoms with Gasteiger partial charge in [0.1, 0.15) is 0 Å². The molecule has 2 aromatic carbocycles. The molecule has 3 rings (SSSR count). The zero-order valence-electron chi connectivity index (χ0n) is 12.1. The van der Waals surface area contributed by atoms with E-state index in [1.807, 2.05) is 47.8 Å². The number of aromatic hydroxyl groups is 1. The van der Waals surface area contributed by atoms with Gasteiger partial charge in [0.2, 0.25) is 0 Å². The van der Waals surface area contributed by atoms with Gasteiger partial charge in [-0.05, 0) is 17.7 Å². The van der Waals surface area contributed by atoms with Gasteiger partial charge in [-0.2, -0.15) is 0 Å². The summed E-state index contributed by atoms with van der Waals surface area (Å²) in [4.78, 5) is 4.58. The number of rotatable bonds is 5. The first-order chi connectivity index (χ1) is 10.8. The molecule has 0 aliphatic heterocycles. The van der Waals surface area contributed by atoms with Crippen molar-refractivity contribution in [3.8, 4) is 22.8 Å². The average molecular weight is 312 g/mol. The van der Waals surface area contributed by atoms with Crippen molar-refractivity contribution in [1.82, 2.24) is 4.98 Å². The van der Waals surface area contributed by atoms with Gasteiger partial charge in [-0.1, -0.05) is 36.4 Å². The van der Waals surface area contributed by atoms with Gasteiger partial charge in [0.05, 0.1) is 12.8 Å². The number of phenols is 1. The fourth-order valence-electron chi connectivity index (χ4n) is 2.11. The predicted octanol–water partition coefficient (Wildman–Crippen LogP) is 4.14. The molecule has 112 valence electrons. The van der Waals surface area contributed by atoms with E-state index >= 15 is 0 Å². The van der Waals surface area contributed by atoms with Crippen LogP contribution in [0.1, 0.15) is 5.56 Å². The molecule has 4 nitrogen and oxygen atoms in total. The molecule has 0 saturated carbocycles. The Kier molecular flexibility index (Phi) is 4.25. The Hall–Kier alpha value is -2.53. The number of anilines is 1. The highest BCUT2D eigenvalue weighted by molar-refractivity contribution is 7.14. The number of thiazole rings is 1. The third-order valence-corrected chi connectivity index (χ3v) is 4.06. The van der Waals surface area contributed by atoms with Gasteiger partial charge in [0.15, 0.2) is 16.6 Å². The second-order valence-corrected chi connectivity index (χ2v) is 5.62. The number of hydrogen-bond donors (Lipinski definition) is 2. The fourth-order valence-corrected chi connectivity index (χ4v) is 2.82. The van der Waals surface area contributed by atoms with Crippen molar-refractivity contribution in [2.24, 2.45) is 0 Å². The summed E-state index contributed by atoms with van der Waals surface area (Å²) in [6, 6.07) is 15.4. The summed E-state index contributed by atoms with van der Waals surface area (Å²) in [7, 11) is 1.54. The molecular formula is C17H16N2O2S. The number of nitrogens with zero attached hydrogens (tertiary/aromatic N) is 1. The summed E-state index contributed by atoms with van der Waals surface area (Å²) >= 11 is 1.57. The number of nitrogens with one attached hydrogen (secondary N) is 1. The summed E-state index contributed by atoms with van der Waals surface area (Å²) in [6.07, 6.45) is 0. The van der Waals surface area contributed by atoms with Crippen LogP contribution >= 0.6 is 11.3 Å². The van der Waals surface area contributed by atoms with Crippen molar-refractivity contribution in [2.75, 3.05) is 12.4 Å². The predicted molar refractivity (Wildman–Crippen MR) is 89.5 cm³/mol. The topological polar surface area (TPSA) is 54.4 Å². The van der Waals surface area contributed by atoms with E-state index in [0.29, 0.717) is 12.3 Å². The van der Waals surface area contributed by atoms with Crippen LogP contribution in [0.15, 0.2) is 53.9 Å². The van der Waals surface area contributed by atoms with E-state index in [4.69, 9.17) is 4.74 Å². The number of benzene rings is 2. The maximum atomic E-state index is 9.59. The monoisotopic (exact) mass is 312 g/mol. The van der Waals surface area contributed by atoms with Crippen molar-refractivity contribution in [2.45, 2.75) is 6.54 Å². The molecule has 0 atom stereocenters. The quantitative estimate of drug-likeness (QED) is 0.743. The Morgan fingerprint density at radius 1 is 1.18 bits per heavy atom. The normalized spacial score (nSPS) is 10.4. The summed E-state index contributed by atoms with van der Waals surface area (Å²) in [5.41, 5.74) is 3.10. The molecule has 0 amide bonds. The zero-order chi connectivity index (χ0) is 15.4. The lowest BCUT2D eigenvalue weighted by Crippen LogP contribution is -1.99. The first-order valence-electron chi connectivity index (χ1n) is 6.87.